The quantitative estimate of drug-likeness (QED) is 0.385. The van der Waals surface area contributed by atoms with E-state index >= 15 is 0 Å². The average Bonchev–Trinajstić information content (AvgIpc) is 2.68. The maximum absolute atomic E-state index is 13.7. The van der Waals surface area contributed by atoms with Gasteiger partial charge in [-0.2, -0.15) is 0 Å². The summed E-state index contributed by atoms with van der Waals surface area (Å²) in [5, 5.41) is 0. The summed E-state index contributed by atoms with van der Waals surface area (Å²) in [5.41, 5.74) is 5.76. The molecule has 0 aliphatic rings. The fraction of sp³-hybridized carbons (Fsp3) is 0.120. The van der Waals surface area contributed by atoms with Crippen molar-refractivity contribution >= 4 is 0 Å². The molecule has 128 valence electrons. The van der Waals surface area contributed by atoms with Gasteiger partial charge in [-0.15, -0.1) is 6.58 Å². The second kappa shape index (κ2) is 8.32. The minimum Gasteiger partial charge on any atom is -0.207 e. The molecule has 0 heterocycles. The molecule has 0 atom stereocenters. The van der Waals surface area contributed by atoms with E-state index in [1.165, 1.54) is 5.56 Å². The molecule has 3 rings (SSSR count). The first kappa shape index (κ1) is 17.7. The lowest BCUT2D eigenvalue weighted by atomic mass is 10.0. The van der Waals surface area contributed by atoms with E-state index in [4.69, 9.17) is 0 Å². The van der Waals surface area contributed by atoms with Gasteiger partial charge in [-0.1, -0.05) is 54.3 Å². The van der Waals surface area contributed by atoms with Gasteiger partial charge < -0.3 is 0 Å². The van der Waals surface area contributed by atoms with Gasteiger partial charge in [-0.25, -0.2) is 4.39 Å². The Labute approximate surface area is 155 Å². The zero-order valence-electron chi connectivity index (χ0n) is 14.9. The zero-order chi connectivity index (χ0) is 18.4. The van der Waals surface area contributed by atoms with Crippen LogP contribution in [-0.4, -0.2) is 0 Å². The van der Waals surface area contributed by atoms with E-state index in [1.54, 1.807) is 19.1 Å². The Bertz CT molecular complexity index is 952. The van der Waals surface area contributed by atoms with Crippen LogP contribution in [0.2, 0.25) is 0 Å². The minimum atomic E-state index is -0.178. The van der Waals surface area contributed by atoms with Crippen molar-refractivity contribution in [1.29, 1.82) is 0 Å². The Morgan fingerprint density at radius 3 is 2.00 bits per heavy atom. The lowest BCUT2D eigenvalue weighted by Crippen LogP contribution is -1.85. The van der Waals surface area contributed by atoms with Gasteiger partial charge in [0, 0.05) is 11.1 Å². The van der Waals surface area contributed by atoms with Crippen molar-refractivity contribution in [1.82, 2.24) is 0 Å². The summed E-state index contributed by atoms with van der Waals surface area (Å²) in [7, 11) is 0. The first-order valence-electron chi connectivity index (χ1n) is 8.74. The zero-order valence-corrected chi connectivity index (χ0v) is 14.9. The van der Waals surface area contributed by atoms with Crippen molar-refractivity contribution in [3.8, 4) is 23.0 Å². The van der Waals surface area contributed by atoms with Gasteiger partial charge in [0.05, 0.1) is 0 Å². The molecule has 0 saturated carbocycles. The van der Waals surface area contributed by atoms with Gasteiger partial charge in [0.25, 0.3) is 0 Å². The fourth-order valence-corrected chi connectivity index (χ4v) is 2.69. The third-order valence-electron chi connectivity index (χ3n) is 4.33. The van der Waals surface area contributed by atoms with E-state index in [0.29, 0.717) is 5.56 Å². The Morgan fingerprint density at radius 2 is 1.42 bits per heavy atom. The second-order valence-corrected chi connectivity index (χ2v) is 6.32. The molecule has 3 aromatic carbocycles. The smallest absolute Gasteiger partial charge is 0.126 e. The van der Waals surface area contributed by atoms with Crippen molar-refractivity contribution < 1.29 is 4.39 Å². The first-order chi connectivity index (χ1) is 12.7. The molecule has 0 aliphatic carbocycles. The lowest BCUT2D eigenvalue weighted by molar-refractivity contribution is 0.619. The summed E-state index contributed by atoms with van der Waals surface area (Å²) >= 11 is 0. The van der Waals surface area contributed by atoms with E-state index in [1.807, 2.05) is 36.4 Å². The van der Waals surface area contributed by atoms with Crippen LogP contribution in [0.1, 0.15) is 28.7 Å². The molecule has 3 aromatic rings. The van der Waals surface area contributed by atoms with Crippen LogP contribution in [0.5, 0.6) is 0 Å². The minimum absolute atomic E-state index is 0.178. The van der Waals surface area contributed by atoms with Crippen LogP contribution >= 0.6 is 0 Å². The molecule has 0 radical (unpaired) electrons. The van der Waals surface area contributed by atoms with Crippen LogP contribution in [0, 0.1) is 24.6 Å². The number of allylic oxidation sites excluding steroid dienone is 1. The molecule has 0 unspecified atom stereocenters. The van der Waals surface area contributed by atoms with Crippen molar-refractivity contribution in [2.75, 3.05) is 0 Å². The highest BCUT2D eigenvalue weighted by atomic mass is 19.1. The van der Waals surface area contributed by atoms with E-state index in [9.17, 15) is 4.39 Å². The molecule has 1 heteroatoms. The molecular weight excluding hydrogens is 319 g/mol. The normalized spacial score (nSPS) is 10.1. The van der Waals surface area contributed by atoms with Crippen LogP contribution < -0.4 is 0 Å². The summed E-state index contributed by atoms with van der Waals surface area (Å²) in [4.78, 5) is 0. The van der Waals surface area contributed by atoms with E-state index in [2.05, 4.69) is 42.7 Å². The molecule has 0 nitrogen and oxygen atoms in total. The van der Waals surface area contributed by atoms with Crippen LogP contribution in [0.25, 0.3) is 11.1 Å². The highest BCUT2D eigenvalue weighted by molar-refractivity contribution is 5.65. The summed E-state index contributed by atoms with van der Waals surface area (Å²) in [6.45, 7) is 5.52. The van der Waals surface area contributed by atoms with Crippen molar-refractivity contribution in [3.05, 3.63) is 107 Å². The number of rotatable bonds is 4. The molecule has 0 aliphatic heterocycles. The Balaban J connectivity index is 1.72. The van der Waals surface area contributed by atoms with Crippen LogP contribution in [0.15, 0.2) is 79.4 Å². The molecule has 0 amide bonds. The summed E-state index contributed by atoms with van der Waals surface area (Å²) in [6.07, 6.45) is 3.93. The van der Waals surface area contributed by atoms with Crippen molar-refractivity contribution in [2.24, 2.45) is 0 Å². The average molecular weight is 340 g/mol. The number of halogens is 1. The molecule has 0 fully saturated rings. The molecular formula is C25H21F. The Kier molecular flexibility index (Phi) is 5.66. The van der Waals surface area contributed by atoms with Gasteiger partial charge in [0.2, 0.25) is 0 Å². The van der Waals surface area contributed by atoms with E-state index < -0.39 is 0 Å². The van der Waals surface area contributed by atoms with Crippen molar-refractivity contribution in [3.63, 3.8) is 0 Å². The van der Waals surface area contributed by atoms with Crippen LogP contribution in [-0.2, 0) is 6.42 Å². The molecule has 0 aromatic heterocycles. The van der Waals surface area contributed by atoms with Gasteiger partial charge in [0.15, 0.2) is 0 Å². The monoisotopic (exact) mass is 340 g/mol. The topological polar surface area (TPSA) is 0 Å². The number of aryl methyl sites for hydroxylation is 2. The number of hydrogen-bond acceptors (Lipinski definition) is 0. The second-order valence-electron chi connectivity index (χ2n) is 6.32. The molecule has 0 N–H and O–H groups in total. The van der Waals surface area contributed by atoms with Gasteiger partial charge in [-0.3, -0.25) is 0 Å². The van der Waals surface area contributed by atoms with E-state index in [0.717, 1.165) is 35.1 Å². The molecule has 0 spiro atoms. The maximum Gasteiger partial charge on any atom is 0.126 e. The summed E-state index contributed by atoms with van der Waals surface area (Å²) < 4.78 is 13.7. The number of hydrogen-bond donors (Lipinski definition) is 0. The maximum atomic E-state index is 13.7. The summed E-state index contributed by atoms with van der Waals surface area (Å²) in [5.74, 6) is 6.19. The lowest BCUT2D eigenvalue weighted by Gasteiger charge is -2.04. The van der Waals surface area contributed by atoms with Gasteiger partial charge in [-0.05, 0) is 72.4 Å². The Morgan fingerprint density at radius 1 is 0.846 bits per heavy atom. The fourth-order valence-electron chi connectivity index (χ4n) is 2.69. The Hall–Kier alpha value is -3.11. The number of benzene rings is 3. The third-order valence-corrected chi connectivity index (χ3v) is 4.33. The first-order valence-corrected chi connectivity index (χ1v) is 8.74. The summed E-state index contributed by atoms with van der Waals surface area (Å²) in [6, 6.07) is 21.5. The molecule has 0 bridgehead atoms. The highest BCUT2D eigenvalue weighted by Crippen LogP contribution is 2.22. The predicted octanol–water partition coefficient (Wildman–Crippen LogP) is 6.32. The third kappa shape index (κ3) is 4.49. The SMILES string of the molecule is C=CCCc1ccc(C#Cc2ccc(-c3ccc(C)c(F)c3)cc2)cc1. The predicted molar refractivity (Wildman–Crippen MR) is 108 cm³/mol. The van der Waals surface area contributed by atoms with Crippen molar-refractivity contribution in [2.45, 2.75) is 19.8 Å². The largest absolute Gasteiger partial charge is 0.207 e. The van der Waals surface area contributed by atoms with Gasteiger partial charge in [0.1, 0.15) is 5.82 Å². The van der Waals surface area contributed by atoms with Crippen LogP contribution in [0.3, 0.4) is 0 Å². The standard InChI is InChI=1S/C25H21F/c1-3-4-5-20-7-9-21(10-8-20)11-12-22-13-16-23(17-14-22)24-15-6-19(2)25(26)18-24/h3,6-10,13-18H,1,4-5H2,2H3. The molecule has 26 heavy (non-hydrogen) atoms. The van der Waals surface area contributed by atoms with Crippen LogP contribution in [0.4, 0.5) is 4.39 Å². The van der Waals surface area contributed by atoms with E-state index in [-0.39, 0.29) is 5.82 Å². The molecule has 0 saturated heterocycles. The highest BCUT2D eigenvalue weighted by Gasteiger charge is 2.02. The van der Waals surface area contributed by atoms with Gasteiger partial charge >= 0.3 is 0 Å².